The molecular formula is C19H23N3O2. The summed E-state index contributed by atoms with van der Waals surface area (Å²) in [5.74, 6) is -0.0660. The maximum absolute atomic E-state index is 11.3. The molecule has 0 aliphatic heterocycles. The molecule has 1 aliphatic carbocycles. The van der Waals surface area contributed by atoms with Crippen LogP contribution in [0.15, 0.2) is 36.4 Å². The number of carboxylic acid groups (broad SMARTS) is 1. The van der Waals surface area contributed by atoms with Crippen molar-refractivity contribution in [3.05, 3.63) is 42.0 Å². The number of nitrogens with zero attached hydrogens (tertiary/aromatic N) is 2. The van der Waals surface area contributed by atoms with Crippen LogP contribution < -0.4 is 5.32 Å². The van der Waals surface area contributed by atoms with E-state index in [1.165, 1.54) is 5.56 Å². The summed E-state index contributed by atoms with van der Waals surface area (Å²) < 4.78 is 0. The zero-order valence-electron chi connectivity index (χ0n) is 13.9. The van der Waals surface area contributed by atoms with E-state index in [9.17, 15) is 9.90 Å². The Morgan fingerprint density at radius 3 is 2.54 bits per heavy atom. The summed E-state index contributed by atoms with van der Waals surface area (Å²) in [5.41, 5.74) is 3.09. The van der Waals surface area contributed by atoms with Crippen molar-refractivity contribution >= 4 is 11.8 Å². The number of aromatic nitrogens is 2. The van der Waals surface area contributed by atoms with Gasteiger partial charge in [0.05, 0.1) is 11.6 Å². The second kappa shape index (κ2) is 7.43. The van der Waals surface area contributed by atoms with Gasteiger partial charge < -0.3 is 10.4 Å². The summed E-state index contributed by atoms with van der Waals surface area (Å²) in [7, 11) is 0. The monoisotopic (exact) mass is 325 g/mol. The van der Waals surface area contributed by atoms with Gasteiger partial charge in [-0.05, 0) is 37.8 Å². The van der Waals surface area contributed by atoms with Crippen molar-refractivity contribution in [2.24, 2.45) is 11.8 Å². The number of carboxylic acids is 1. The molecule has 1 aliphatic rings. The molecule has 0 bridgehead atoms. The van der Waals surface area contributed by atoms with Gasteiger partial charge in [-0.25, -0.2) is 0 Å². The van der Waals surface area contributed by atoms with E-state index >= 15 is 0 Å². The number of anilines is 1. The van der Waals surface area contributed by atoms with E-state index in [1.807, 2.05) is 24.3 Å². The maximum Gasteiger partial charge on any atom is 0.306 e. The van der Waals surface area contributed by atoms with Crippen molar-refractivity contribution in [3.8, 4) is 11.3 Å². The Kier molecular flexibility index (Phi) is 5.08. The number of aryl methyl sites for hydroxylation is 1. The lowest BCUT2D eigenvalue weighted by molar-refractivity contribution is -0.144. The zero-order chi connectivity index (χ0) is 16.9. The quantitative estimate of drug-likeness (QED) is 0.875. The van der Waals surface area contributed by atoms with Crippen LogP contribution in [-0.2, 0) is 4.79 Å². The normalized spacial score (nSPS) is 20.5. The average Bonchev–Trinajstić information content (AvgIpc) is 2.61. The van der Waals surface area contributed by atoms with Crippen LogP contribution in [-0.4, -0.2) is 27.8 Å². The van der Waals surface area contributed by atoms with Crippen LogP contribution in [0.25, 0.3) is 11.3 Å². The predicted octanol–water partition coefficient (Wildman–Crippen LogP) is 3.75. The van der Waals surface area contributed by atoms with Gasteiger partial charge in [-0.15, -0.1) is 10.2 Å². The van der Waals surface area contributed by atoms with Gasteiger partial charge in [0.2, 0.25) is 0 Å². The van der Waals surface area contributed by atoms with E-state index < -0.39 is 5.97 Å². The van der Waals surface area contributed by atoms with Crippen molar-refractivity contribution in [2.75, 3.05) is 11.9 Å². The molecule has 0 amide bonds. The van der Waals surface area contributed by atoms with E-state index in [4.69, 9.17) is 0 Å². The average molecular weight is 325 g/mol. The molecule has 5 nitrogen and oxygen atoms in total. The van der Waals surface area contributed by atoms with Crippen LogP contribution in [0.2, 0.25) is 0 Å². The Labute approximate surface area is 142 Å². The van der Waals surface area contributed by atoms with Crippen LogP contribution in [0, 0.1) is 18.8 Å². The van der Waals surface area contributed by atoms with Gasteiger partial charge in [0.15, 0.2) is 0 Å². The fourth-order valence-corrected chi connectivity index (χ4v) is 3.32. The first-order chi connectivity index (χ1) is 11.6. The molecule has 1 saturated carbocycles. The summed E-state index contributed by atoms with van der Waals surface area (Å²) in [6, 6.07) is 12.0. The van der Waals surface area contributed by atoms with Crippen LogP contribution >= 0.6 is 0 Å². The third-order valence-corrected chi connectivity index (χ3v) is 4.78. The molecule has 0 radical (unpaired) electrons. The van der Waals surface area contributed by atoms with Crippen molar-refractivity contribution in [3.63, 3.8) is 0 Å². The van der Waals surface area contributed by atoms with Crippen LogP contribution in [0.1, 0.15) is 31.2 Å². The Morgan fingerprint density at radius 2 is 1.88 bits per heavy atom. The minimum Gasteiger partial charge on any atom is -0.481 e. The topological polar surface area (TPSA) is 75.1 Å². The number of benzene rings is 1. The Hall–Kier alpha value is -2.43. The van der Waals surface area contributed by atoms with Crippen LogP contribution in [0.3, 0.4) is 0 Å². The predicted molar refractivity (Wildman–Crippen MR) is 93.8 cm³/mol. The highest BCUT2D eigenvalue weighted by atomic mass is 16.4. The number of carbonyl (C=O) groups is 1. The molecular weight excluding hydrogens is 302 g/mol. The van der Waals surface area contributed by atoms with Gasteiger partial charge in [0.25, 0.3) is 0 Å². The Morgan fingerprint density at radius 1 is 1.12 bits per heavy atom. The van der Waals surface area contributed by atoms with Crippen LogP contribution in [0.5, 0.6) is 0 Å². The third kappa shape index (κ3) is 3.91. The number of aliphatic carboxylic acids is 1. The lowest BCUT2D eigenvalue weighted by atomic mass is 9.79. The van der Waals surface area contributed by atoms with Crippen molar-refractivity contribution in [2.45, 2.75) is 32.6 Å². The third-order valence-electron chi connectivity index (χ3n) is 4.78. The fraction of sp³-hybridized carbons (Fsp3) is 0.421. The van der Waals surface area contributed by atoms with E-state index in [0.29, 0.717) is 12.4 Å². The molecule has 1 fully saturated rings. The molecule has 2 N–H and O–H groups in total. The highest BCUT2D eigenvalue weighted by Crippen LogP contribution is 2.30. The number of hydrogen-bond donors (Lipinski definition) is 2. The first-order valence-corrected chi connectivity index (χ1v) is 8.51. The Balaban J connectivity index is 1.61. The standard InChI is InChI=1S/C19H23N3O2/c1-13-6-8-14(9-7-13)17-10-11-18(22-21-17)20-12-15-4-2-3-5-16(15)19(23)24/h6-11,15-16H,2-5,12H2,1H3,(H,20,22)(H,23,24)/t15-,16-/m0/s1. The second-order valence-electron chi connectivity index (χ2n) is 6.54. The van der Waals surface area contributed by atoms with E-state index in [2.05, 4.69) is 34.6 Å². The molecule has 0 saturated heterocycles. The summed E-state index contributed by atoms with van der Waals surface area (Å²) in [5, 5.41) is 21.1. The molecule has 126 valence electrons. The summed E-state index contributed by atoms with van der Waals surface area (Å²) in [4.78, 5) is 11.3. The molecule has 0 spiro atoms. The lowest BCUT2D eigenvalue weighted by Crippen LogP contribution is -2.31. The summed E-state index contributed by atoms with van der Waals surface area (Å²) in [6.45, 7) is 2.69. The minimum atomic E-state index is -0.678. The van der Waals surface area contributed by atoms with Gasteiger partial charge in [-0.3, -0.25) is 4.79 Å². The summed E-state index contributed by atoms with van der Waals surface area (Å²) >= 11 is 0. The fourth-order valence-electron chi connectivity index (χ4n) is 3.32. The SMILES string of the molecule is Cc1ccc(-c2ccc(NC[C@@H]3CCCC[C@@H]3C(=O)O)nn2)cc1. The van der Waals surface area contributed by atoms with Gasteiger partial charge in [-0.1, -0.05) is 42.7 Å². The van der Waals surface area contributed by atoms with Gasteiger partial charge in [0, 0.05) is 12.1 Å². The van der Waals surface area contributed by atoms with Crippen molar-refractivity contribution < 1.29 is 9.90 Å². The molecule has 3 rings (SSSR count). The number of hydrogen-bond acceptors (Lipinski definition) is 4. The highest BCUT2D eigenvalue weighted by Gasteiger charge is 2.30. The Bertz CT molecular complexity index is 683. The maximum atomic E-state index is 11.3. The molecule has 1 aromatic heterocycles. The van der Waals surface area contributed by atoms with E-state index in [1.54, 1.807) is 0 Å². The molecule has 1 heterocycles. The smallest absolute Gasteiger partial charge is 0.306 e. The second-order valence-corrected chi connectivity index (χ2v) is 6.54. The van der Waals surface area contributed by atoms with Crippen molar-refractivity contribution in [1.29, 1.82) is 0 Å². The molecule has 2 atom stereocenters. The molecule has 2 aromatic rings. The van der Waals surface area contributed by atoms with Crippen molar-refractivity contribution in [1.82, 2.24) is 10.2 Å². The minimum absolute atomic E-state index is 0.162. The van der Waals surface area contributed by atoms with E-state index in [-0.39, 0.29) is 11.8 Å². The molecule has 0 unspecified atom stereocenters. The van der Waals surface area contributed by atoms with Gasteiger partial charge in [0.1, 0.15) is 5.82 Å². The number of rotatable bonds is 5. The number of nitrogens with one attached hydrogen (secondary N) is 1. The van der Waals surface area contributed by atoms with Crippen LogP contribution in [0.4, 0.5) is 5.82 Å². The lowest BCUT2D eigenvalue weighted by Gasteiger charge is -2.28. The highest BCUT2D eigenvalue weighted by molar-refractivity contribution is 5.70. The van der Waals surface area contributed by atoms with E-state index in [0.717, 1.165) is 36.9 Å². The largest absolute Gasteiger partial charge is 0.481 e. The van der Waals surface area contributed by atoms with Gasteiger partial charge in [-0.2, -0.15) is 0 Å². The first kappa shape index (κ1) is 16.4. The molecule has 1 aromatic carbocycles. The summed E-state index contributed by atoms with van der Waals surface area (Å²) in [6.07, 6.45) is 3.85. The zero-order valence-corrected chi connectivity index (χ0v) is 13.9. The molecule has 5 heteroatoms. The first-order valence-electron chi connectivity index (χ1n) is 8.51. The molecule has 24 heavy (non-hydrogen) atoms. The van der Waals surface area contributed by atoms with Gasteiger partial charge >= 0.3 is 5.97 Å².